The van der Waals surface area contributed by atoms with Crippen molar-refractivity contribution in [2.24, 2.45) is 0 Å². The Bertz CT molecular complexity index is 1330. The summed E-state index contributed by atoms with van der Waals surface area (Å²) in [5, 5.41) is 13.8. The first kappa shape index (κ1) is 22.6. The third-order valence-electron chi connectivity index (χ3n) is 5.77. The van der Waals surface area contributed by atoms with Crippen LogP contribution in [0.2, 0.25) is 0 Å². The van der Waals surface area contributed by atoms with Crippen LogP contribution in [0.3, 0.4) is 0 Å². The number of fused-ring (bicyclic) bond motifs is 1. The van der Waals surface area contributed by atoms with Gasteiger partial charge in [0.05, 0.1) is 24.5 Å². The van der Waals surface area contributed by atoms with E-state index in [9.17, 15) is 22.4 Å². The second-order valence-electron chi connectivity index (χ2n) is 8.27. The molecule has 2 aromatic carbocycles. The van der Waals surface area contributed by atoms with E-state index < -0.39 is 24.2 Å². The summed E-state index contributed by atoms with van der Waals surface area (Å²) in [6.45, 7) is 0.354. The Morgan fingerprint density at radius 1 is 1.11 bits per heavy atom. The normalized spacial score (nSPS) is 17.5. The molecule has 2 aromatic heterocycles. The van der Waals surface area contributed by atoms with E-state index in [1.807, 2.05) is 0 Å². The highest BCUT2D eigenvalue weighted by Crippen LogP contribution is 2.43. The molecule has 2 atom stereocenters. The van der Waals surface area contributed by atoms with E-state index in [4.69, 9.17) is 0 Å². The lowest BCUT2D eigenvalue weighted by molar-refractivity contribution is -0.173. The molecule has 5 rings (SSSR count). The zero-order valence-corrected chi connectivity index (χ0v) is 18.2. The van der Waals surface area contributed by atoms with Gasteiger partial charge in [-0.2, -0.15) is 23.4 Å². The summed E-state index contributed by atoms with van der Waals surface area (Å²) >= 11 is 0. The first-order valence-electron chi connectivity index (χ1n) is 10.8. The SMILES string of the molecule is O=C(Nc1cnn(Cc2ccc(F)cc2)c1)c1cc2n(n1)C(C(F)(F)F)CC(c1ccccc1)N2. The zero-order chi connectivity index (χ0) is 24.6. The van der Waals surface area contributed by atoms with Gasteiger partial charge >= 0.3 is 6.18 Å². The maximum Gasteiger partial charge on any atom is 0.410 e. The number of hydrogen-bond donors (Lipinski definition) is 2. The van der Waals surface area contributed by atoms with Crippen molar-refractivity contribution in [1.82, 2.24) is 19.6 Å². The molecule has 1 aliphatic rings. The number of nitrogens with one attached hydrogen (secondary N) is 2. The Morgan fingerprint density at radius 3 is 2.57 bits per heavy atom. The molecule has 35 heavy (non-hydrogen) atoms. The molecule has 11 heteroatoms. The zero-order valence-electron chi connectivity index (χ0n) is 18.2. The molecule has 0 spiro atoms. The van der Waals surface area contributed by atoms with Crippen LogP contribution in [0.15, 0.2) is 73.1 Å². The van der Waals surface area contributed by atoms with Gasteiger partial charge in [0, 0.05) is 18.7 Å². The second kappa shape index (κ2) is 8.90. The molecule has 0 radical (unpaired) electrons. The lowest BCUT2D eigenvalue weighted by atomic mass is 9.97. The number of carbonyl (C=O) groups is 1. The van der Waals surface area contributed by atoms with Crippen LogP contribution in [0.1, 0.15) is 40.1 Å². The van der Waals surface area contributed by atoms with E-state index in [-0.39, 0.29) is 23.7 Å². The smallest absolute Gasteiger partial charge is 0.363 e. The molecule has 7 nitrogen and oxygen atoms in total. The van der Waals surface area contributed by atoms with Gasteiger partial charge < -0.3 is 10.6 Å². The number of carbonyl (C=O) groups excluding carboxylic acids is 1. The molecule has 0 saturated heterocycles. The molecule has 0 bridgehead atoms. The molecule has 0 aliphatic carbocycles. The number of nitrogens with zero attached hydrogens (tertiary/aromatic N) is 4. The average Bonchev–Trinajstić information content (AvgIpc) is 3.46. The summed E-state index contributed by atoms with van der Waals surface area (Å²) in [5.41, 5.74) is 1.73. The molecular weight excluding hydrogens is 464 g/mol. The van der Waals surface area contributed by atoms with Crippen molar-refractivity contribution in [3.63, 3.8) is 0 Å². The van der Waals surface area contributed by atoms with Crippen LogP contribution in [-0.2, 0) is 6.54 Å². The minimum absolute atomic E-state index is 0.115. The number of halogens is 4. The molecular formula is C24H20F4N6O. The molecule has 0 fully saturated rings. The Labute approximate surface area is 197 Å². The predicted octanol–water partition coefficient (Wildman–Crippen LogP) is 5.18. The summed E-state index contributed by atoms with van der Waals surface area (Å²) in [6, 6.07) is 13.6. The topological polar surface area (TPSA) is 76.8 Å². The van der Waals surface area contributed by atoms with Crippen molar-refractivity contribution >= 4 is 17.4 Å². The van der Waals surface area contributed by atoms with E-state index in [0.717, 1.165) is 10.2 Å². The molecule has 180 valence electrons. The van der Waals surface area contributed by atoms with Crippen molar-refractivity contribution in [1.29, 1.82) is 0 Å². The van der Waals surface area contributed by atoms with Gasteiger partial charge in [0.15, 0.2) is 11.7 Å². The van der Waals surface area contributed by atoms with E-state index in [2.05, 4.69) is 20.8 Å². The molecule has 4 aromatic rings. The standard InChI is InChI=1S/C24H20F4N6O/c25-17-8-6-15(7-9-17)13-33-14-18(12-29-33)30-23(35)20-11-22-31-19(16-4-2-1-3-5-16)10-21(24(26,27)28)34(22)32-20/h1-9,11-12,14,19,21,31H,10,13H2,(H,30,35). The first-order valence-corrected chi connectivity index (χ1v) is 10.8. The Hall–Kier alpha value is -4.15. The van der Waals surface area contributed by atoms with Crippen LogP contribution >= 0.6 is 0 Å². The number of hydrogen-bond acceptors (Lipinski definition) is 4. The highest BCUT2D eigenvalue weighted by molar-refractivity contribution is 6.03. The van der Waals surface area contributed by atoms with Crippen LogP contribution in [0.5, 0.6) is 0 Å². The van der Waals surface area contributed by atoms with Gasteiger partial charge in [-0.15, -0.1) is 0 Å². The summed E-state index contributed by atoms with van der Waals surface area (Å²) in [7, 11) is 0. The molecule has 2 N–H and O–H groups in total. The Balaban J connectivity index is 1.33. The fourth-order valence-corrected chi connectivity index (χ4v) is 4.07. The number of aromatic nitrogens is 4. The monoisotopic (exact) mass is 484 g/mol. The van der Waals surface area contributed by atoms with E-state index in [1.165, 1.54) is 24.4 Å². The van der Waals surface area contributed by atoms with Gasteiger partial charge in [0.25, 0.3) is 5.91 Å². The van der Waals surface area contributed by atoms with E-state index in [1.54, 1.807) is 53.3 Å². The van der Waals surface area contributed by atoms with Gasteiger partial charge in [-0.25, -0.2) is 9.07 Å². The Kier molecular flexibility index (Phi) is 5.75. The number of rotatable bonds is 5. The molecule has 2 unspecified atom stereocenters. The van der Waals surface area contributed by atoms with Gasteiger partial charge in [-0.05, 0) is 23.3 Å². The number of anilines is 2. The van der Waals surface area contributed by atoms with Crippen molar-refractivity contribution < 1.29 is 22.4 Å². The minimum Gasteiger partial charge on any atom is -0.363 e. The largest absolute Gasteiger partial charge is 0.410 e. The lowest BCUT2D eigenvalue weighted by Crippen LogP contribution is -2.35. The van der Waals surface area contributed by atoms with Crippen molar-refractivity contribution in [2.75, 3.05) is 10.6 Å². The maximum atomic E-state index is 13.8. The predicted molar refractivity (Wildman–Crippen MR) is 120 cm³/mol. The molecule has 0 saturated carbocycles. The number of benzene rings is 2. The van der Waals surface area contributed by atoms with Gasteiger partial charge in [0.1, 0.15) is 11.6 Å². The number of alkyl halides is 3. The molecule has 3 heterocycles. The second-order valence-corrected chi connectivity index (χ2v) is 8.27. The minimum atomic E-state index is -4.54. The third-order valence-corrected chi connectivity index (χ3v) is 5.77. The summed E-state index contributed by atoms with van der Waals surface area (Å²) in [5.74, 6) is -0.890. The van der Waals surface area contributed by atoms with Gasteiger partial charge in [-0.1, -0.05) is 42.5 Å². The average molecular weight is 484 g/mol. The van der Waals surface area contributed by atoms with Crippen LogP contribution in [0.4, 0.5) is 29.1 Å². The summed E-state index contributed by atoms with van der Waals surface area (Å²) in [6.07, 6.45) is -1.80. The van der Waals surface area contributed by atoms with Gasteiger partial charge in [0.2, 0.25) is 0 Å². The van der Waals surface area contributed by atoms with Crippen LogP contribution in [0, 0.1) is 5.82 Å². The first-order chi connectivity index (χ1) is 16.8. The highest BCUT2D eigenvalue weighted by atomic mass is 19.4. The number of amides is 1. The highest BCUT2D eigenvalue weighted by Gasteiger charge is 2.46. The van der Waals surface area contributed by atoms with E-state index >= 15 is 0 Å². The Morgan fingerprint density at radius 2 is 1.86 bits per heavy atom. The molecule has 1 aliphatic heterocycles. The quantitative estimate of drug-likeness (QED) is 0.383. The third kappa shape index (κ3) is 4.88. The van der Waals surface area contributed by atoms with Crippen LogP contribution in [0.25, 0.3) is 0 Å². The summed E-state index contributed by atoms with van der Waals surface area (Å²) < 4.78 is 57.0. The van der Waals surface area contributed by atoms with Crippen molar-refractivity contribution in [3.05, 3.63) is 95.7 Å². The van der Waals surface area contributed by atoms with Gasteiger partial charge in [-0.3, -0.25) is 9.48 Å². The van der Waals surface area contributed by atoms with Crippen molar-refractivity contribution in [3.8, 4) is 0 Å². The maximum absolute atomic E-state index is 13.8. The van der Waals surface area contributed by atoms with Crippen LogP contribution < -0.4 is 10.6 Å². The van der Waals surface area contributed by atoms with Crippen molar-refractivity contribution in [2.45, 2.75) is 31.2 Å². The van der Waals surface area contributed by atoms with E-state index in [0.29, 0.717) is 17.8 Å². The molecule has 1 amide bonds. The van der Waals surface area contributed by atoms with Crippen LogP contribution in [-0.4, -0.2) is 31.6 Å². The lowest BCUT2D eigenvalue weighted by Gasteiger charge is -2.33. The summed E-state index contributed by atoms with van der Waals surface area (Å²) in [4.78, 5) is 12.8. The fraction of sp³-hybridized carbons (Fsp3) is 0.208. The fourth-order valence-electron chi connectivity index (χ4n) is 4.07.